The minimum Gasteiger partial charge on any atom is -0.463 e. The van der Waals surface area contributed by atoms with Crippen LogP contribution in [-0.4, -0.2) is 52.7 Å². The summed E-state index contributed by atoms with van der Waals surface area (Å²) < 4.78 is 17.3. The van der Waals surface area contributed by atoms with E-state index in [4.69, 9.17) is 14.2 Å². The zero-order chi connectivity index (χ0) is 22.7. The Bertz CT molecular complexity index is 1250. The van der Waals surface area contributed by atoms with Gasteiger partial charge in [-0.1, -0.05) is 30.3 Å². The molecule has 2 atom stereocenters. The molecular weight excluding hydrogens is 424 g/mol. The summed E-state index contributed by atoms with van der Waals surface area (Å²) >= 11 is 0. The van der Waals surface area contributed by atoms with Crippen LogP contribution < -0.4 is 9.47 Å². The van der Waals surface area contributed by atoms with Crippen LogP contribution in [0, 0.1) is 0 Å². The van der Waals surface area contributed by atoms with Crippen LogP contribution in [-0.2, 0) is 20.7 Å². The Kier molecular flexibility index (Phi) is 4.45. The Morgan fingerprint density at radius 2 is 1.94 bits per heavy atom. The molecule has 8 heteroatoms. The van der Waals surface area contributed by atoms with Crippen molar-refractivity contribution >= 4 is 17.4 Å². The third kappa shape index (κ3) is 2.94. The van der Waals surface area contributed by atoms with Gasteiger partial charge in [0, 0.05) is 11.1 Å². The molecule has 3 heterocycles. The first-order chi connectivity index (χ1) is 16.1. The summed E-state index contributed by atoms with van der Waals surface area (Å²) in [6, 6.07) is 12.8. The maximum Gasteiger partial charge on any atom is 0.275 e. The SMILES string of the molecule is C[C@H](CO)N1CC(=O)N2C(=C(C3=CCc4ccccc43)O[C@@H]2c2ccc3c(c2)OCO3)C1=O. The Hall–Kier alpha value is -3.78. The average molecular weight is 446 g/mol. The van der Waals surface area contributed by atoms with Crippen LogP contribution in [0.15, 0.2) is 60.0 Å². The number of amides is 2. The van der Waals surface area contributed by atoms with Gasteiger partial charge in [0.15, 0.2) is 23.0 Å². The minimum absolute atomic E-state index is 0.128. The van der Waals surface area contributed by atoms with Gasteiger partial charge in [0.1, 0.15) is 6.54 Å². The molecule has 0 unspecified atom stereocenters. The van der Waals surface area contributed by atoms with Crippen molar-refractivity contribution in [3.05, 3.63) is 76.7 Å². The predicted octanol–water partition coefficient (Wildman–Crippen LogP) is 2.35. The molecule has 168 valence electrons. The van der Waals surface area contributed by atoms with Gasteiger partial charge in [0.05, 0.1) is 12.6 Å². The largest absolute Gasteiger partial charge is 0.463 e. The summed E-state index contributed by atoms with van der Waals surface area (Å²) in [4.78, 5) is 29.8. The predicted molar refractivity (Wildman–Crippen MR) is 117 cm³/mol. The van der Waals surface area contributed by atoms with Crippen molar-refractivity contribution in [1.82, 2.24) is 9.80 Å². The number of aliphatic hydroxyl groups is 1. The lowest BCUT2D eigenvalue weighted by Crippen LogP contribution is -2.55. The molecule has 0 aromatic heterocycles. The van der Waals surface area contributed by atoms with E-state index >= 15 is 0 Å². The average Bonchev–Trinajstić information content (AvgIpc) is 3.56. The van der Waals surface area contributed by atoms with Crippen molar-refractivity contribution in [2.45, 2.75) is 25.6 Å². The number of aliphatic hydroxyl groups excluding tert-OH is 1. The highest BCUT2D eigenvalue weighted by Crippen LogP contribution is 2.47. The number of benzene rings is 2. The van der Waals surface area contributed by atoms with Crippen molar-refractivity contribution in [3.8, 4) is 11.5 Å². The number of rotatable bonds is 4. The van der Waals surface area contributed by atoms with Crippen molar-refractivity contribution in [1.29, 1.82) is 0 Å². The molecule has 0 saturated carbocycles. The van der Waals surface area contributed by atoms with E-state index < -0.39 is 12.3 Å². The summed E-state index contributed by atoms with van der Waals surface area (Å²) in [6.45, 7) is 1.49. The highest BCUT2D eigenvalue weighted by molar-refractivity contribution is 6.07. The number of nitrogens with zero attached hydrogens (tertiary/aromatic N) is 2. The number of hydrogen-bond donors (Lipinski definition) is 1. The lowest BCUT2D eigenvalue weighted by molar-refractivity contribution is -0.152. The third-order valence-corrected chi connectivity index (χ3v) is 6.51. The van der Waals surface area contributed by atoms with Gasteiger partial charge in [0.2, 0.25) is 18.9 Å². The summed E-state index contributed by atoms with van der Waals surface area (Å²) in [6.07, 6.45) is 1.94. The molecule has 3 aliphatic heterocycles. The number of fused-ring (bicyclic) bond motifs is 3. The van der Waals surface area contributed by atoms with E-state index in [1.165, 1.54) is 9.80 Å². The fourth-order valence-corrected chi connectivity index (χ4v) is 4.76. The van der Waals surface area contributed by atoms with Gasteiger partial charge in [-0.05, 0) is 42.7 Å². The minimum atomic E-state index is -0.804. The quantitative estimate of drug-likeness (QED) is 0.776. The summed E-state index contributed by atoms with van der Waals surface area (Å²) in [7, 11) is 0. The molecule has 0 spiro atoms. The van der Waals surface area contributed by atoms with Gasteiger partial charge in [-0.15, -0.1) is 0 Å². The van der Waals surface area contributed by atoms with Gasteiger partial charge in [-0.25, -0.2) is 0 Å². The van der Waals surface area contributed by atoms with E-state index in [1.807, 2.05) is 36.4 Å². The second-order valence-corrected chi connectivity index (χ2v) is 8.47. The maximum absolute atomic E-state index is 13.6. The van der Waals surface area contributed by atoms with Gasteiger partial charge in [-0.3, -0.25) is 14.5 Å². The number of carbonyl (C=O) groups excluding carboxylic acids is 2. The zero-order valence-corrected chi connectivity index (χ0v) is 18.0. The number of hydrogen-bond acceptors (Lipinski definition) is 6. The first-order valence-electron chi connectivity index (χ1n) is 10.9. The molecule has 1 N–H and O–H groups in total. The van der Waals surface area contributed by atoms with Crippen LogP contribution in [0.3, 0.4) is 0 Å². The van der Waals surface area contributed by atoms with E-state index in [0.717, 1.165) is 23.1 Å². The number of allylic oxidation sites excluding steroid dienone is 2. The smallest absolute Gasteiger partial charge is 0.275 e. The summed E-state index contributed by atoms with van der Waals surface area (Å²) in [5, 5.41) is 9.66. The highest BCUT2D eigenvalue weighted by Gasteiger charge is 2.49. The molecule has 4 aliphatic rings. The van der Waals surface area contributed by atoms with Crippen molar-refractivity contribution < 1.29 is 28.9 Å². The fourth-order valence-electron chi connectivity index (χ4n) is 4.76. The van der Waals surface area contributed by atoms with E-state index in [1.54, 1.807) is 19.1 Å². The standard InChI is InChI=1S/C25H22N2O6/c1-14(12-28)26-11-21(29)27-22(24(26)30)23(18-8-6-15-4-2-3-5-17(15)18)33-25(27)16-7-9-19-20(10-16)32-13-31-19/h2-5,7-10,14,25,28H,6,11-13H2,1H3/t14-,25-/m1/s1. The number of ether oxygens (including phenoxy) is 3. The number of carbonyl (C=O) groups is 2. The lowest BCUT2D eigenvalue weighted by Gasteiger charge is -2.37. The van der Waals surface area contributed by atoms with Crippen LogP contribution in [0.1, 0.15) is 29.8 Å². The molecule has 8 nitrogen and oxygen atoms in total. The van der Waals surface area contributed by atoms with E-state index in [2.05, 4.69) is 0 Å². The van der Waals surface area contributed by atoms with Gasteiger partial charge >= 0.3 is 0 Å². The molecule has 33 heavy (non-hydrogen) atoms. The fraction of sp³-hybridized carbons (Fsp3) is 0.280. The molecular formula is C25H22N2O6. The topological polar surface area (TPSA) is 88.5 Å². The molecule has 2 aromatic rings. The van der Waals surface area contributed by atoms with E-state index in [-0.39, 0.29) is 37.5 Å². The second kappa shape index (κ2) is 7.38. The first kappa shape index (κ1) is 19.9. The summed E-state index contributed by atoms with van der Waals surface area (Å²) in [5.41, 5.74) is 3.81. The maximum atomic E-state index is 13.6. The molecule has 1 aliphatic carbocycles. The van der Waals surface area contributed by atoms with Gasteiger partial charge in [-0.2, -0.15) is 0 Å². The molecule has 6 rings (SSSR count). The third-order valence-electron chi connectivity index (χ3n) is 6.51. The Morgan fingerprint density at radius 3 is 2.79 bits per heavy atom. The molecule has 0 bridgehead atoms. The van der Waals surface area contributed by atoms with Crippen LogP contribution in [0.2, 0.25) is 0 Å². The number of piperazine rings is 1. The van der Waals surface area contributed by atoms with E-state index in [0.29, 0.717) is 22.8 Å². The molecule has 1 saturated heterocycles. The summed E-state index contributed by atoms with van der Waals surface area (Å²) in [5.74, 6) is 0.981. The molecule has 0 radical (unpaired) electrons. The van der Waals surface area contributed by atoms with Crippen LogP contribution in [0.25, 0.3) is 5.57 Å². The van der Waals surface area contributed by atoms with Crippen LogP contribution >= 0.6 is 0 Å². The molecule has 2 amide bonds. The lowest BCUT2D eigenvalue weighted by atomic mass is 10.0. The normalized spacial score (nSPS) is 21.8. The zero-order valence-electron chi connectivity index (χ0n) is 18.0. The highest BCUT2D eigenvalue weighted by atomic mass is 16.7. The Morgan fingerprint density at radius 1 is 1.12 bits per heavy atom. The van der Waals surface area contributed by atoms with E-state index in [9.17, 15) is 14.7 Å². The van der Waals surface area contributed by atoms with Crippen molar-refractivity contribution in [2.24, 2.45) is 0 Å². The second-order valence-electron chi connectivity index (χ2n) is 8.47. The Labute approximate surface area is 190 Å². The van der Waals surface area contributed by atoms with Crippen molar-refractivity contribution in [3.63, 3.8) is 0 Å². The monoisotopic (exact) mass is 446 g/mol. The van der Waals surface area contributed by atoms with Gasteiger partial charge < -0.3 is 24.2 Å². The van der Waals surface area contributed by atoms with Crippen LogP contribution in [0.5, 0.6) is 11.5 Å². The van der Waals surface area contributed by atoms with Gasteiger partial charge in [0.25, 0.3) is 5.91 Å². The van der Waals surface area contributed by atoms with Crippen molar-refractivity contribution in [2.75, 3.05) is 19.9 Å². The molecule has 1 fully saturated rings. The molecule has 2 aromatic carbocycles. The van der Waals surface area contributed by atoms with Crippen LogP contribution in [0.4, 0.5) is 0 Å². The first-order valence-corrected chi connectivity index (χ1v) is 10.9. The Balaban J connectivity index is 1.47.